The van der Waals surface area contributed by atoms with Gasteiger partial charge in [-0.1, -0.05) is 23.2 Å². The summed E-state index contributed by atoms with van der Waals surface area (Å²) in [5.74, 6) is 1.47. The molecule has 0 aromatic heterocycles. The first-order valence-electron chi connectivity index (χ1n) is 3.38. The van der Waals surface area contributed by atoms with Crippen molar-refractivity contribution in [3.8, 4) is 0 Å². The maximum absolute atomic E-state index is 5.91. The molecule has 66 valence electrons. The van der Waals surface area contributed by atoms with Gasteiger partial charge in [0.05, 0.1) is 5.02 Å². The fourth-order valence-corrected chi connectivity index (χ4v) is 2.20. The van der Waals surface area contributed by atoms with Crippen LogP contribution in [0.1, 0.15) is 0 Å². The van der Waals surface area contributed by atoms with Gasteiger partial charge in [-0.2, -0.15) is 0 Å². The van der Waals surface area contributed by atoms with Crippen LogP contribution in [0.5, 0.6) is 0 Å². The van der Waals surface area contributed by atoms with Gasteiger partial charge in [0.1, 0.15) is 0 Å². The molecule has 0 unspecified atom stereocenters. The first-order chi connectivity index (χ1) is 5.74. The summed E-state index contributed by atoms with van der Waals surface area (Å²) in [6.07, 6.45) is 0. The molecule has 0 saturated carbocycles. The van der Waals surface area contributed by atoms with Crippen molar-refractivity contribution in [3.63, 3.8) is 0 Å². The molecule has 0 saturated heterocycles. The van der Waals surface area contributed by atoms with Crippen molar-refractivity contribution in [1.82, 2.24) is 0 Å². The summed E-state index contributed by atoms with van der Waals surface area (Å²) < 4.78 is 0. The third-order valence-electron chi connectivity index (χ3n) is 1.23. The standard InChI is InChI=1S/C8H7Cl3S/c9-3-4-12-8-5-6(10)1-2-7(8)11/h1-2,5H,3-4H2. The Labute approximate surface area is 91.2 Å². The molecule has 0 heterocycles. The highest BCUT2D eigenvalue weighted by Crippen LogP contribution is 2.29. The van der Waals surface area contributed by atoms with Crippen LogP contribution in [-0.2, 0) is 0 Å². The van der Waals surface area contributed by atoms with Gasteiger partial charge in [-0.05, 0) is 18.2 Å². The van der Waals surface area contributed by atoms with Crippen molar-refractivity contribution in [3.05, 3.63) is 28.2 Å². The van der Waals surface area contributed by atoms with Crippen LogP contribution in [0.4, 0.5) is 0 Å². The second kappa shape index (κ2) is 5.23. The lowest BCUT2D eigenvalue weighted by atomic mass is 10.4. The van der Waals surface area contributed by atoms with Crippen LogP contribution in [0.15, 0.2) is 23.1 Å². The summed E-state index contributed by atoms with van der Waals surface area (Å²) >= 11 is 18.9. The van der Waals surface area contributed by atoms with Crippen molar-refractivity contribution in [1.29, 1.82) is 0 Å². The number of alkyl halides is 1. The first-order valence-corrected chi connectivity index (χ1v) is 5.65. The molecule has 0 aliphatic heterocycles. The smallest absolute Gasteiger partial charge is 0.0542 e. The molecule has 0 aliphatic carbocycles. The lowest BCUT2D eigenvalue weighted by Gasteiger charge is -2.02. The summed E-state index contributed by atoms with van der Waals surface area (Å²) in [5.41, 5.74) is 0. The highest BCUT2D eigenvalue weighted by Gasteiger charge is 2.00. The van der Waals surface area contributed by atoms with Gasteiger partial charge in [-0.25, -0.2) is 0 Å². The largest absolute Gasteiger partial charge is 0.126 e. The Morgan fingerprint density at radius 3 is 2.67 bits per heavy atom. The second-order valence-corrected chi connectivity index (χ2v) is 4.47. The van der Waals surface area contributed by atoms with Crippen molar-refractivity contribution in [2.75, 3.05) is 11.6 Å². The van der Waals surface area contributed by atoms with Crippen molar-refractivity contribution in [2.24, 2.45) is 0 Å². The van der Waals surface area contributed by atoms with Crippen LogP contribution in [0, 0.1) is 0 Å². The predicted molar refractivity (Wildman–Crippen MR) is 57.9 cm³/mol. The Hall–Kier alpha value is 0.440. The Morgan fingerprint density at radius 2 is 2.00 bits per heavy atom. The highest BCUT2D eigenvalue weighted by atomic mass is 35.5. The minimum atomic E-state index is 0.619. The van der Waals surface area contributed by atoms with E-state index >= 15 is 0 Å². The molecule has 0 spiro atoms. The number of hydrogen-bond donors (Lipinski definition) is 0. The average Bonchev–Trinajstić information content (AvgIpc) is 2.07. The second-order valence-electron chi connectivity index (χ2n) is 2.11. The van der Waals surface area contributed by atoms with Gasteiger partial charge >= 0.3 is 0 Å². The van der Waals surface area contributed by atoms with E-state index in [1.807, 2.05) is 6.07 Å². The van der Waals surface area contributed by atoms with Crippen molar-refractivity contribution in [2.45, 2.75) is 4.90 Å². The monoisotopic (exact) mass is 240 g/mol. The van der Waals surface area contributed by atoms with Gasteiger partial charge in [0.2, 0.25) is 0 Å². The van der Waals surface area contributed by atoms with Crippen LogP contribution in [0.3, 0.4) is 0 Å². The number of halogens is 3. The van der Waals surface area contributed by atoms with E-state index in [-0.39, 0.29) is 0 Å². The molecule has 0 N–H and O–H groups in total. The van der Waals surface area contributed by atoms with Crippen LogP contribution in [0.2, 0.25) is 10.0 Å². The molecule has 0 nitrogen and oxygen atoms in total. The average molecular weight is 242 g/mol. The van der Waals surface area contributed by atoms with Gasteiger partial charge in [0, 0.05) is 21.6 Å². The molecule has 1 rings (SSSR count). The first kappa shape index (κ1) is 10.5. The quantitative estimate of drug-likeness (QED) is 0.561. The lowest BCUT2D eigenvalue weighted by molar-refractivity contribution is 1.43. The van der Waals surface area contributed by atoms with Crippen LogP contribution >= 0.6 is 46.6 Å². The minimum absolute atomic E-state index is 0.619. The van der Waals surface area contributed by atoms with E-state index in [2.05, 4.69) is 0 Å². The van der Waals surface area contributed by atoms with Crippen LogP contribution in [-0.4, -0.2) is 11.6 Å². The number of benzene rings is 1. The fourth-order valence-electron chi connectivity index (χ4n) is 0.736. The number of hydrogen-bond acceptors (Lipinski definition) is 1. The van der Waals surface area contributed by atoms with Crippen molar-refractivity contribution >= 4 is 46.6 Å². The molecule has 1 aromatic carbocycles. The summed E-state index contributed by atoms with van der Waals surface area (Å²) in [5, 5.41) is 1.44. The van der Waals surface area contributed by atoms with Crippen LogP contribution in [0.25, 0.3) is 0 Å². The van der Waals surface area contributed by atoms with Gasteiger partial charge in [0.25, 0.3) is 0 Å². The third kappa shape index (κ3) is 3.06. The van der Waals surface area contributed by atoms with Crippen LogP contribution < -0.4 is 0 Å². The zero-order chi connectivity index (χ0) is 8.97. The van der Waals surface area contributed by atoms with Gasteiger partial charge in [-0.3, -0.25) is 0 Å². The van der Waals surface area contributed by atoms with E-state index in [4.69, 9.17) is 34.8 Å². The fraction of sp³-hybridized carbons (Fsp3) is 0.250. The Morgan fingerprint density at radius 1 is 1.25 bits per heavy atom. The summed E-state index contributed by atoms with van der Waals surface area (Å²) in [7, 11) is 0. The summed E-state index contributed by atoms with van der Waals surface area (Å²) in [6, 6.07) is 5.41. The molecule has 0 radical (unpaired) electrons. The van der Waals surface area contributed by atoms with E-state index in [9.17, 15) is 0 Å². The Bertz CT molecular complexity index is 262. The Kier molecular flexibility index (Phi) is 4.59. The predicted octanol–water partition coefficient (Wildman–Crippen LogP) is 4.32. The summed E-state index contributed by atoms with van der Waals surface area (Å²) in [6.45, 7) is 0. The summed E-state index contributed by atoms with van der Waals surface area (Å²) in [4.78, 5) is 0.991. The maximum atomic E-state index is 5.91. The molecule has 1 aromatic rings. The third-order valence-corrected chi connectivity index (χ3v) is 3.37. The zero-order valence-electron chi connectivity index (χ0n) is 6.19. The molecule has 0 atom stereocenters. The normalized spacial score (nSPS) is 10.2. The van der Waals surface area contributed by atoms with Gasteiger partial charge < -0.3 is 0 Å². The molecule has 0 fully saturated rings. The lowest BCUT2D eigenvalue weighted by Crippen LogP contribution is -1.80. The molecular formula is C8H7Cl3S. The topological polar surface area (TPSA) is 0 Å². The Balaban J connectivity index is 2.75. The number of rotatable bonds is 3. The molecule has 12 heavy (non-hydrogen) atoms. The zero-order valence-corrected chi connectivity index (χ0v) is 9.27. The molecule has 0 amide bonds. The van der Waals surface area contributed by atoms with E-state index < -0.39 is 0 Å². The van der Waals surface area contributed by atoms with Crippen molar-refractivity contribution < 1.29 is 0 Å². The highest BCUT2D eigenvalue weighted by molar-refractivity contribution is 7.99. The molecule has 4 heteroatoms. The molecule has 0 bridgehead atoms. The van der Waals surface area contributed by atoms with E-state index in [0.29, 0.717) is 10.9 Å². The van der Waals surface area contributed by atoms with E-state index in [0.717, 1.165) is 15.7 Å². The van der Waals surface area contributed by atoms with Gasteiger partial charge in [0.15, 0.2) is 0 Å². The van der Waals surface area contributed by atoms with Gasteiger partial charge in [-0.15, -0.1) is 23.4 Å². The molecule has 0 aliphatic rings. The maximum Gasteiger partial charge on any atom is 0.0542 e. The molecular weight excluding hydrogens is 235 g/mol. The minimum Gasteiger partial charge on any atom is -0.126 e. The number of thioether (sulfide) groups is 1. The van der Waals surface area contributed by atoms with E-state index in [1.165, 1.54) is 0 Å². The SMILES string of the molecule is ClCCSc1cc(Cl)ccc1Cl. The van der Waals surface area contributed by atoms with E-state index in [1.54, 1.807) is 23.9 Å².